The zero-order chi connectivity index (χ0) is 23.9. The van der Waals surface area contributed by atoms with Gasteiger partial charge in [-0.05, 0) is 91.8 Å². The summed E-state index contributed by atoms with van der Waals surface area (Å²) in [6.07, 6.45) is 13.6. The van der Waals surface area contributed by atoms with Crippen LogP contribution < -0.4 is 0 Å². The quantitative estimate of drug-likeness (QED) is 0.337. The topological polar surface area (TPSA) is 158 Å². The van der Waals surface area contributed by atoms with Gasteiger partial charge in [-0.25, -0.2) is 0 Å². The van der Waals surface area contributed by atoms with Gasteiger partial charge in [-0.15, -0.1) is 3.63 Å². The van der Waals surface area contributed by atoms with Crippen LogP contribution in [0.3, 0.4) is 0 Å². The highest BCUT2D eigenvalue weighted by molar-refractivity contribution is 7.94. The summed E-state index contributed by atoms with van der Waals surface area (Å²) in [5.74, 6) is 4.26. The molecule has 0 radical (unpaired) electrons. The fourth-order valence-electron chi connectivity index (χ4n) is 8.15. The molecule has 4 N–H and O–H groups in total. The van der Waals surface area contributed by atoms with Crippen molar-refractivity contribution < 1.29 is 39.8 Å². The molecule has 0 spiro atoms. The first-order valence-electron chi connectivity index (χ1n) is 11.7. The summed E-state index contributed by atoms with van der Waals surface area (Å²) in [6.45, 7) is 5.13. The Morgan fingerprint density at radius 2 is 1.44 bits per heavy atom. The van der Waals surface area contributed by atoms with Crippen molar-refractivity contribution in [1.82, 2.24) is 0 Å². The molecule has 188 valence electrons. The second-order valence-electron chi connectivity index (χ2n) is 10.9. The van der Waals surface area contributed by atoms with E-state index in [2.05, 4.69) is 17.5 Å². The molecule has 11 heteroatoms. The summed E-state index contributed by atoms with van der Waals surface area (Å²) in [5.41, 5.74) is 1.000. The summed E-state index contributed by atoms with van der Waals surface area (Å²) in [4.78, 5) is 0. The fraction of sp³-hybridized carbons (Fsp3) is 1.00. The average Bonchev–Trinajstić information content (AvgIpc) is 2.94. The Kier molecular flexibility index (Phi) is 7.72. The first-order chi connectivity index (χ1) is 14.7. The van der Waals surface area contributed by atoms with E-state index in [1.165, 1.54) is 64.2 Å². The molecule has 7 atom stereocenters. The van der Waals surface area contributed by atoms with Crippen LogP contribution in [0, 0.1) is 40.4 Å². The molecule has 9 nitrogen and oxygen atoms in total. The molecule has 32 heavy (non-hydrogen) atoms. The van der Waals surface area contributed by atoms with Crippen molar-refractivity contribution in [2.45, 2.75) is 90.8 Å². The molecule has 1 unspecified atom stereocenters. The van der Waals surface area contributed by atoms with Gasteiger partial charge in [0.2, 0.25) is 0 Å². The van der Waals surface area contributed by atoms with E-state index >= 15 is 0 Å². The lowest BCUT2D eigenvalue weighted by Crippen LogP contribution is -2.52. The third-order valence-corrected chi connectivity index (χ3v) is 10.8. The molecule has 0 saturated heterocycles. The zero-order valence-corrected chi connectivity index (χ0v) is 20.5. The second-order valence-corrected chi connectivity index (χ2v) is 13.1. The van der Waals surface area contributed by atoms with Crippen LogP contribution in [0.25, 0.3) is 0 Å². The van der Waals surface area contributed by atoms with Crippen LogP contribution in [-0.4, -0.2) is 42.4 Å². The van der Waals surface area contributed by atoms with E-state index in [1.54, 1.807) is 0 Å². The van der Waals surface area contributed by atoms with Crippen LogP contribution in [0.1, 0.15) is 84.5 Å². The maximum Gasteiger partial charge on any atom is 0.413 e. The molecule has 0 bridgehead atoms. The summed E-state index contributed by atoms with van der Waals surface area (Å²) >= 11 is 0. The van der Waals surface area contributed by atoms with Gasteiger partial charge in [0.1, 0.15) is 0 Å². The number of hydrogen-bond donors (Lipinski definition) is 4. The minimum atomic E-state index is -5.12. The second kappa shape index (κ2) is 9.39. The molecular weight excluding hydrogens is 460 g/mol. The molecule has 0 aliphatic heterocycles. The van der Waals surface area contributed by atoms with Gasteiger partial charge < -0.3 is 10.2 Å². The summed E-state index contributed by atoms with van der Waals surface area (Å²) < 4.78 is 55.6. The SMILES string of the molecule is C[C@]12CC[C@H]3[C@@H](CCC4CCCC[C@@]43C)[C@@H]1CC[C@@H]2CC(O)O.O=S(=O)(O)OS(=O)(=O)O. The number of aliphatic hydroxyl groups excluding tert-OH is 1. The van der Waals surface area contributed by atoms with Crippen molar-refractivity contribution in [3.05, 3.63) is 0 Å². The molecule has 4 aliphatic rings. The van der Waals surface area contributed by atoms with E-state index < -0.39 is 27.1 Å². The van der Waals surface area contributed by atoms with E-state index in [9.17, 15) is 27.0 Å². The maximum atomic E-state index is 9.50. The van der Waals surface area contributed by atoms with E-state index in [-0.39, 0.29) is 0 Å². The van der Waals surface area contributed by atoms with Gasteiger partial charge in [0, 0.05) is 6.42 Å². The van der Waals surface area contributed by atoms with Gasteiger partial charge in [-0.2, -0.15) is 16.8 Å². The van der Waals surface area contributed by atoms with Crippen molar-refractivity contribution in [3.63, 3.8) is 0 Å². The molecule has 4 aliphatic carbocycles. The third-order valence-electron chi connectivity index (χ3n) is 9.45. The van der Waals surface area contributed by atoms with Gasteiger partial charge >= 0.3 is 20.8 Å². The van der Waals surface area contributed by atoms with Crippen molar-refractivity contribution in [3.8, 4) is 0 Å². The highest BCUT2D eigenvalue weighted by atomic mass is 32.3. The van der Waals surface area contributed by atoms with E-state index in [4.69, 9.17) is 9.11 Å². The lowest BCUT2D eigenvalue weighted by Gasteiger charge is -2.60. The lowest BCUT2D eigenvalue weighted by molar-refractivity contribution is -0.121. The Labute approximate surface area is 191 Å². The lowest BCUT2D eigenvalue weighted by atomic mass is 9.45. The average molecular weight is 499 g/mol. The van der Waals surface area contributed by atoms with Gasteiger partial charge in [-0.3, -0.25) is 9.11 Å². The monoisotopic (exact) mass is 498 g/mol. The van der Waals surface area contributed by atoms with Crippen LogP contribution in [0.15, 0.2) is 0 Å². The van der Waals surface area contributed by atoms with Gasteiger partial charge in [0.25, 0.3) is 0 Å². The summed E-state index contributed by atoms with van der Waals surface area (Å²) in [6, 6.07) is 0. The number of rotatable bonds is 4. The largest absolute Gasteiger partial charge is 0.413 e. The molecule has 4 rings (SSSR count). The fourth-order valence-corrected chi connectivity index (χ4v) is 9.02. The predicted molar refractivity (Wildman–Crippen MR) is 117 cm³/mol. The van der Waals surface area contributed by atoms with Gasteiger partial charge in [0.15, 0.2) is 6.29 Å². The highest BCUT2D eigenvalue weighted by Crippen LogP contribution is 2.67. The zero-order valence-electron chi connectivity index (χ0n) is 18.9. The highest BCUT2D eigenvalue weighted by Gasteiger charge is 2.59. The minimum absolute atomic E-state index is 0.378. The van der Waals surface area contributed by atoms with Crippen molar-refractivity contribution in [2.75, 3.05) is 0 Å². The van der Waals surface area contributed by atoms with Gasteiger partial charge in [0.05, 0.1) is 0 Å². The first kappa shape index (κ1) is 26.3. The Morgan fingerprint density at radius 1 is 0.812 bits per heavy atom. The Bertz CT molecular complexity index is 842. The Hall–Kier alpha value is -0.300. The van der Waals surface area contributed by atoms with Crippen molar-refractivity contribution in [2.24, 2.45) is 40.4 Å². The maximum absolute atomic E-state index is 9.50. The summed E-state index contributed by atoms with van der Waals surface area (Å²) in [5, 5.41) is 19.0. The van der Waals surface area contributed by atoms with E-state index in [0.717, 1.165) is 23.7 Å². The molecular formula is C21H38O9S2. The number of aliphatic hydroxyl groups is 2. The van der Waals surface area contributed by atoms with Crippen LogP contribution in [0.4, 0.5) is 0 Å². The van der Waals surface area contributed by atoms with Crippen LogP contribution in [-0.2, 0) is 24.4 Å². The van der Waals surface area contributed by atoms with Crippen molar-refractivity contribution >= 4 is 20.8 Å². The third kappa shape index (κ3) is 5.67. The smallest absolute Gasteiger partial charge is 0.368 e. The van der Waals surface area contributed by atoms with Crippen LogP contribution >= 0.6 is 0 Å². The van der Waals surface area contributed by atoms with Crippen LogP contribution in [0.5, 0.6) is 0 Å². The molecule has 0 aromatic carbocycles. The minimum Gasteiger partial charge on any atom is -0.368 e. The molecule has 0 heterocycles. The van der Waals surface area contributed by atoms with Gasteiger partial charge in [-0.1, -0.05) is 26.7 Å². The number of fused-ring (bicyclic) bond motifs is 5. The molecule has 4 saturated carbocycles. The Balaban J connectivity index is 0.000000275. The first-order valence-corrected chi connectivity index (χ1v) is 14.4. The standard InChI is InChI=1S/C21H36O2.H2O7S2/c1-20-11-4-3-5-14(20)6-8-16-17-9-7-15(13-19(22)23)21(17,2)12-10-18(16)20;1-8(2,3)7-9(4,5)6/h14-19,22-23H,3-13H2,1-2H3;(H,1,2,3)(H,4,5,6)/t14?,15-,16+,17+,18+,20+,21-;/m1./s1. The normalized spacial score (nSPS) is 41.8. The molecule has 0 aromatic heterocycles. The van der Waals surface area contributed by atoms with E-state index in [1.807, 2.05) is 0 Å². The molecule has 0 amide bonds. The van der Waals surface area contributed by atoms with E-state index in [0.29, 0.717) is 23.2 Å². The molecule has 4 fully saturated rings. The summed E-state index contributed by atoms with van der Waals surface area (Å²) in [7, 11) is -10.2. The van der Waals surface area contributed by atoms with Crippen LogP contribution in [0.2, 0.25) is 0 Å². The number of hydrogen-bond acceptors (Lipinski definition) is 7. The predicted octanol–water partition coefficient (Wildman–Crippen LogP) is 3.34. The Morgan fingerprint density at radius 3 is 2.00 bits per heavy atom. The van der Waals surface area contributed by atoms with Crippen molar-refractivity contribution in [1.29, 1.82) is 0 Å². The molecule has 0 aromatic rings.